The van der Waals surface area contributed by atoms with Crippen LogP contribution in [0.4, 0.5) is 11.5 Å². The fourth-order valence-electron chi connectivity index (χ4n) is 3.25. The quantitative estimate of drug-likeness (QED) is 0.710. The highest BCUT2D eigenvalue weighted by atomic mass is 16.5. The number of carbonyl (C=O) groups excluding carboxylic acids is 1. The van der Waals surface area contributed by atoms with Gasteiger partial charge in [-0.2, -0.15) is 0 Å². The lowest BCUT2D eigenvalue weighted by Crippen LogP contribution is -2.49. The minimum Gasteiger partial charge on any atom is -0.389 e. The summed E-state index contributed by atoms with van der Waals surface area (Å²) in [5.41, 5.74) is 1.29. The van der Waals surface area contributed by atoms with Gasteiger partial charge in [-0.25, -0.2) is 4.98 Å². The van der Waals surface area contributed by atoms with Gasteiger partial charge in [0.25, 0.3) is 5.91 Å². The standard InChI is InChI=1S/C22H30N4O3/c1-17(2)29-16-20(27)15-25-10-12-26(13-11-25)21-9-8-19(14-23-21)24-22(28)18-6-4-3-5-7-18/h3-9,14,17,20,27H,10-13,15-16H2,1-2H3,(H,24,28)/t20-/m1/s1. The van der Waals surface area contributed by atoms with E-state index in [1.807, 2.05) is 44.2 Å². The zero-order valence-corrected chi connectivity index (χ0v) is 17.1. The molecule has 0 saturated carbocycles. The second kappa shape index (κ2) is 10.3. The maximum absolute atomic E-state index is 12.2. The molecule has 1 amide bonds. The third kappa shape index (κ3) is 6.52. The van der Waals surface area contributed by atoms with Crippen molar-refractivity contribution in [2.75, 3.05) is 49.5 Å². The molecule has 1 atom stereocenters. The van der Waals surface area contributed by atoms with E-state index in [-0.39, 0.29) is 12.0 Å². The number of β-amino-alcohol motifs (C(OH)–C–C–N with tert-alkyl or cyclic N) is 1. The molecule has 0 radical (unpaired) electrons. The van der Waals surface area contributed by atoms with Crippen LogP contribution < -0.4 is 10.2 Å². The number of aliphatic hydroxyl groups is 1. The van der Waals surface area contributed by atoms with Gasteiger partial charge in [-0.15, -0.1) is 0 Å². The van der Waals surface area contributed by atoms with Gasteiger partial charge in [-0.05, 0) is 38.1 Å². The second-order valence-corrected chi connectivity index (χ2v) is 7.55. The maximum atomic E-state index is 12.2. The van der Waals surface area contributed by atoms with Crippen molar-refractivity contribution in [3.05, 3.63) is 54.2 Å². The van der Waals surface area contributed by atoms with E-state index < -0.39 is 6.10 Å². The summed E-state index contributed by atoms with van der Waals surface area (Å²) in [6.45, 7) is 8.36. The van der Waals surface area contributed by atoms with Crippen LogP contribution in [0.3, 0.4) is 0 Å². The van der Waals surface area contributed by atoms with Crippen LogP contribution >= 0.6 is 0 Å². The molecule has 2 heterocycles. The van der Waals surface area contributed by atoms with E-state index in [1.54, 1.807) is 18.3 Å². The molecular weight excluding hydrogens is 368 g/mol. The Hall–Kier alpha value is -2.48. The highest BCUT2D eigenvalue weighted by molar-refractivity contribution is 6.04. The average Bonchev–Trinajstić information content (AvgIpc) is 2.74. The fraction of sp³-hybridized carbons (Fsp3) is 0.455. The average molecular weight is 399 g/mol. The van der Waals surface area contributed by atoms with Gasteiger partial charge in [-0.3, -0.25) is 9.69 Å². The first kappa shape index (κ1) is 21.2. The topological polar surface area (TPSA) is 77.9 Å². The van der Waals surface area contributed by atoms with Crippen LogP contribution in [0.2, 0.25) is 0 Å². The van der Waals surface area contributed by atoms with Gasteiger partial charge in [-0.1, -0.05) is 18.2 Å². The molecule has 0 aliphatic carbocycles. The summed E-state index contributed by atoms with van der Waals surface area (Å²) >= 11 is 0. The van der Waals surface area contributed by atoms with Crippen LogP contribution in [0, 0.1) is 0 Å². The largest absolute Gasteiger partial charge is 0.389 e. The van der Waals surface area contributed by atoms with Gasteiger partial charge in [0.15, 0.2) is 0 Å². The monoisotopic (exact) mass is 398 g/mol. The smallest absolute Gasteiger partial charge is 0.255 e. The van der Waals surface area contributed by atoms with E-state index in [0.29, 0.717) is 24.4 Å². The summed E-state index contributed by atoms with van der Waals surface area (Å²) in [6.07, 6.45) is 1.36. The molecule has 7 heteroatoms. The van der Waals surface area contributed by atoms with Crippen molar-refractivity contribution < 1.29 is 14.6 Å². The summed E-state index contributed by atoms with van der Waals surface area (Å²) in [5.74, 6) is 0.750. The van der Waals surface area contributed by atoms with Crippen molar-refractivity contribution in [1.82, 2.24) is 9.88 Å². The molecule has 2 N–H and O–H groups in total. The number of pyridine rings is 1. The van der Waals surface area contributed by atoms with Gasteiger partial charge in [0.1, 0.15) is 5.82 Å². The zero-order valence-electron chi connectivity index (χ0n) is 17.1. The number of aromatic nitrogens is 1. The molecule has 1 saturated heterocycles. The molecule has 1 aliphatic heterocycles. The molecule has 2 aromatic rings. The predicted molar refractivity (Wildman–Crippen MR) is 114 cm³/mol. The van der Waals surface area contributed by atoms with E-state index in [9.17, 15) is 9.90 Å². The molecule has 1 fully saturated rings. The number of nitrogens with one attached hydrogen (secondary N) is 1. The number of nitrogens with zero attached hydrogens (tertiary/aromatic N) is 3. The first-order valence-electron chi connectivity index (χ1n) is 10.1. The molecule has 7 nitrogen and oxygen atoms in total. The van der Waals surface area contributed by atoms with E-state index in [0.717, 1.165) is 32.0 Å². The third-order valence-corrected chi connectivity index (χ3v) is 4.83. The number of hydrogen-bond donors (Lipinski definition) is 2. The maximum Gasteiger partial charge on any atom is 0.255 e. The van der Waals surface area contributed by atoms with E-state index in [4.69, 9.17) is 4.74 Å². The molecule has 1 aromatic carbocycles. The van der Waals surface area contributed by atoms with Gasteiger partial charge >= 0.3 is 0 Å². The summed E-state index contributed by atoms with van der Waals surface area (Å²) in [4.78, 5) is 21.2. The Morgan fingerprint density at radius 2 is 1.86 bits per heavy atom. The number of carbonyl (C=O) groups is 1. The number of rotatable bonds is 8. The molecule has 156 valence electrons. The van der Waals surface area contributed by atoms with Crippen molar-refractivity contribution in [2.45, 2.75) is 26.1 Å². The molecule has 1 aromatic heterocycles. The number of aliphatic hydroxyl groups excluding tert-OH is 1. The molecular formula is C22H30N4O3. The number of benzene rings is 1. The Bertz CT molecular complexity index is 759. The van der Waals surface area contributed by atoms with E-state index in [1.165, 1.54) is 0 Å². The Kier molecular flexibility index (Phi) is 7.57. The lowest BCUT2D eigenvalue weighted by molar-refractivity contribution is -0.00900. The van der Waals surface area contributed by atoms with Crippen molar-refractivity contribution in [2.24, 2.45) is 0 Å². The molecule has 0 unspecified atom stereocenters. The first-order chi connectivity index (χ1) is 14.0. The number of anilines is 2. The van der Waals surface area contributed by atoms with Gasteiger partial charge < -0.3 is 20.1 Å². The number of hydrogen-bond acceptors (Lipinski definition) is 6. The van der Waals surface area contributed by atoms with Crippen molar-refractivity contribution in [1.29, 1.82) is 0 Å². The van der Waals surface area contributed by atoms with Gasteiger partial charge in [0.05, 0.1) is 30.7 Å². The molecule has 29 heavy (non-hydrogen) atoms. The van der Waals surface area contributed by atoms with Gasteiger partial charge in [0, 0.05) is 38.3 Å². The Morgan fingerprint density at radius 3 is 2.48 bits per heavy atom. The zero-order chi connectivity index (χ0) is 20.6. The second-order valence-electron chi connectivity index (χ2n) is 7.55. The van der Waals surface area contributed by atoms with E-state index >= 15 is 0 Å². The van der Waals surface area contributed by atoms with Crippen molar-refractivity contribution in [3.8, 4) is 0 Å². The summed E-state index contributed by atoms with van der Waals surface area (Å²) < 4.78 is 5.48. The highest BCUT2D eigenvalue weighted by Crippen LogP contribution is 2.17. The highest BCUT2D eigenvalue weighted by Gasteiger charge is 2.20. The molecule has 1 aliphatic rings. The third-order valence-electron chi connectivity index (χ3n) is 4.83. The summed E-state index contributed by atoms with van der Waals surface area (Å²) in [7, 11) is 0. The van der Waals surface area contributed by atoms with Crippen LogP contribution in [0.5, 0.6) is 0 Å². The summed E-state index contributed by atoms with van der Waals surface area (Å²) in [6, 6.07) is 12.9. The van der Waals surface area contributed by atoms with E-state index in [2.05, 4.69) is 20.1 Å². The normalized spacial score (nSPS) is 16.1. The molecule has 0 spiro atoms. The fourth-order valence-corrected chi connectivity index (χ4v) is 3.25. The van der Waals surface area contributed by atoms with Crippen LogP contribution in [0.15, 0.2) is 48.7 Å². The molecule has 3 rings (SSSR count). The number of ether oxygens (including phenoxy) is 1. The lowest BCUT2D eigenvalue weighted by atomic mass is 10.2. The Morgan fingerprint density at radius 1 is 1.14 bits per heavy atom. The Labute approximate surface area is 172 Å². The Balaban J connectivity index is 1.46. The first-order valence-corrected chi connectivity index (χ1v) is 10.1. The van der Waals surface area contributed by atoms with Crippen LogP contribution in [0.1, 0.15) is 24.2 Å². The lowest BCUT2D eigenvalue weighted by Gasteiger charge is -2.36. The predicted octanol–water partition coefficient (Wildman–Crippen LogP) is 2.24. The number of amides is 1. The number of piperazine rings is 1. The minimum absolute atomic E-state index is 0.132. The van der Waals surface area contributed by atoms with Crippen LogP contribution in [0.25, 0.3) is 0 Å². The van der Waals surface area contributed by atoms with Crippen LogP contribution in [-0.2, 0) is 4.74 Å². The summed E-state index contributed by atoms with van der Waals surface area (Å²) in [5, 5.41) is 13.0. The minimum atomic E-state index is -0.463. The van der Waals surface area contributed by atoms with Crippen LogP contribution in [-0.4, -0.2) is 72.4 Å². The molecule has 0 bridgehead atoms. The van der Waals surface area contributed by atoms with Crippen molar-refractivity contribution in [3.63, 3.8) is 0 Å². The van der Waals surface area contributed by atoms with Crippen molar-refractivity contribution >= 4 is 17.4 Å². The van der Waals surface area contributed by atoms with Gasteiger partial charge in [0.2, 0.25) is 0 Å². The SMILES string of the molecule is CC(C)OC[C@H](O)CN1CCN(c2ccc(NC(=O)c3ccccc3)cn2)CC1.